The third-order valence-corrected chi connectivity index (χ3v) is 3.98. The van der Waals surface area contributed by atoms with Crippen molar-refractivity contribution >= 4 is 23.2 Å². The normalized spacial score (nSPS) is 15.8. The Morgan fingerprint density at radius 1 is 1.35 bits per heavy atom. The molecule has 3 rings (SSSR count). The number of aromatic nitrogens is 2. The predicted octanol–water partition coefficient (Wildman–Crippen LogP) is 0.110. The molecule has 1 aliphatic rings. The lowest BCUT2D eigenvalue weighted by Crippen LogP contribution is -2.49. The Kier molecular flexibility index (Phi) is 4.11. The van der Waals surface area contributed by atoms with Gasteiger partial charge in [-0.05, 0) is 11.0 Å². The Bertz CT molecular complexity index is 735. The zero-order valence-electron chi connectivity index (χ0n) is 12.8. The van der Waals surface area contributed by atoms with E-state index in [1.165, 1.54) is 4.40 Å². The largest absolute Gasteiger partial charge is 0.372 e. The fourth-order valence-electron chi connectivity index (χ4n) is 2.75. The van der Waals surface area contributed by atoms with Gasteiger partial charge < -0.3 is 20.3 Å². The van der Waals surface area contributed by atoms with Crippen LogP contribution in [0.3, 0.4) is 0 Å². The first-order chi connectivity index (χ1) is 11.1. The second kappa shape index (κ2) is 6.21. The highest BCUT2D eigenvalue weighted by atomic mass is 16.6. The average Bonchev–Trinajstić information content (AvgIpc) is 2.95. The van der Waals surface area contributed by atoms with Crippen LogP contribution in [-0.2, 0) is 4.79 Å². The van der Waals surface area contributed by atoms with E-state index in [1.54, 1.807) is 31.4 Å². The lowest BCUT2D eigenvalue weighted by Gasteiger charge is -2.33. The van der Waals surface area contributed by atoms with Crippen molar-refractivity contribution in [3.8, 4) is 0 Å². The van der Waals surface area contributed by atoms with E-state index in [9.17, 15) is 14.9 Å². The van der Waals surface area contributed by atoms with Crippen LogP contribution in [0.25, 0.3) is 5.65 Å². The molecule has 23 heavy (non-hydrogen) atoms. The van der Waals surface area contributed by atoms with Crippen molar-refractivity contribution in [2.24, 2.45) is 0 Å². The molecule has 0 radical (unpaired) electrons. The number of pyridine rings is 1. The second-order valence-corrected chi connectivity index (χ2v) is 5.38. The molecule has 1 saturated heterocycles. The van der Waals surface area contributed by atoms with Crippen LogP contribution in [0.15, 0.2) is 24.4 Å². The quantitative estimate of drug-likeness (QED) is 0.635. The van der Waals surface area contributed by atoms with E-state index < -0.39 is 4.92 Å². The summed E-state index contributed by atoms with van der Waals surface area (Å²) >= 11 is 0. The summed E-state index contributed by atoms with van der Waals surface area (Å²) in [5.41, 5.74) is 0.557. The van der Waals surface area contributed by atoms with Gasteiger partial charge in [-0.2, -0.15) is 9.38 Å². The number of likely N-dealkylation sites (N-methyl/N-ethyl adjacent to an activating group) is 1. The molecule has 1 fully saturated rings. The van der Waals surface area contributed by atoms with E-state index in [-0.39, 0.29) is 11.7 Å². The minimum atomic E-state index is -0.397. The summed E-state index contributed by atoms with van der Waals surface area (Å²) in [6.45, 7) is 2.87. The smallest absolute Gasteiger partial charge is 0.358 e. The Morgan fingerprint density at radius 2 is 2.09 bits per heavy atom. The second-order valence-electron chi connectivity index (χ2n) is 5.38. The maximum absolute atomic E-state index is 11.4. The van der Waals surface area contributed by atoms with Crippen LogP contribution in [0.5, 0.6) is 0 Å². The van der Waals surface area contributed by atoms with Gasteiger partial charge in [0.25, 0.3) is 0 Å². The van der Waals surface area contributed by atoms with Gasteiger partial charge in [-0.1, -0.05) is 6.07 Å². The number of nitrogens with one attached hydrogen (secondary N) is 1. The van der Waals surface area contributed by atoms with Crippen LogP contribution < -0.4 is 10.2 Å². The lowest BCUT2D eigenvalue weighted by atomic mass is 10.3. The molecule has 0 saturated carbocycles. The molecule has 122 valence electrons. The number of fused-ring (bicyclic) bond motifs is 1. The fourth-order valence-corrected chi connectivity index (χ4v) is 2.75. The Morgan fingerprint density at radius 3 is 2.74 bits per heavy atom. The summed E-state index contributed by atoms with van der Waals surface area (Å²) in [6, 6.07) is 5.29. The number of amides is 1. The number of anilines is 1. The minimum absolute atomic E-state index is 0.0136. The van der Waals surface area contributed by atoms with Crippen molar-refractivity contribution in [3.63, 3.8) is 0 Å². The van der Waals surface area contributed by atoms with Crippen LogP contribution in [0, 0.1) is 10.1 Å². The molecule has 2 aromatic heterocycles. The molecule has 0 spiro atoms. The number of hydrogen-bond acceptors (Lipinski definition) is 6. The van der Waals surface area contributed by atoms with Gasteiger partial charge in [0.05, 0.1) is 12.7 Å². The molecule has 0 bridgehead atoms. The summed E-state index contributed by atoms with van der Waals surface area (Å²) in [4.78, 5) is 30.8. The van der Waals surface area contributed by atoms with Gasteiger partial charge in [0.2, 0.25) is 17.4 Å². The molecule has 2 aromatic rings. The van der Waals surface area contributed by atoms with Gasteiger partial charge >= 0.3 is 5.82 Å². The monoisotopic (exact) mass is 318 g/mol. The molecule has 1 amide bonds. The molecule has 3 heterocycles. The van der Waals surface area contributed by atoms with Crippen LogP contribution in [-0.4, -0.2) is 64.9 Å². The standard InChI is InChI=1S/C14H18N6O3/c1-15-12(21)10-17-6-8-18(9-7-17)13-14(20(22)23)19-5-3-2-4-11(19)16-13/h2-5H,6-10H2,1H3,(H,15,21). The molecule has 0 aromatic carbocycles. The van der Waals surface area contributed by atoms with Crippen LogP contribution >= 0.6 is 0 Å². The number of nitrogens with zero attached hydrogens (tertiary/aromatic N) is 5. The highest BCUT2D eigenvalue weighted by molar-refractivity contribution is 5.77. The van der Waals surface area contributed by atoms with Crippen molar-refractivity contribution < 1.29 is 9.72 Å². The molecule has 1 N–H and O–H groups in total. The molecule has 0 unspecified atom stereocenters. The molecule has 0 atom stereocenters. The topological polar surface area (TPSA) is 96.0 Å². The SMILES string of the molecule is CNC(=O)CN1CCN(c2nc3ccccn3c2[N+](=O)[O-])CC1. The number of carbonyl (C=O) groups is 1. The van der Waals surface area contributed by atoms with Crippen molar-refractivity contribution in [1.29, 1.82) is 0 Å². The molecular weight excluding hydrogens is 300 g/mol. The maximum Gasteiger partial charge on any atom is 0.372 e. The summed E-state index contributed by atoms with van der Waals surface area (Å²) < 4.78 is 1.49. The first kappa shape index (κ1) is 15.2. The first-order valence-corrected chi connectivity index (χ1v) is 7.39. The summed E-state index contributed by atoms with van der Waals surface area (Å²) in [5, 5.41) is 14.0. The minimum Gasteiger partial charge on any atom is -0.358 e. The third-order valence-electron chi connectivity index (χ3n) is 3.98. The van der Waals surface area contributed by atoms with Crippen LogP contribution in [0.1, 0.15) is 0 Å². The van der Waals surface area contributed by atoms with Gasteiger partial charge in [-0.25, -0.2) is 0 Å². The van der Waals surface area contributed by atoms with Crippen molar-refractivity contribution in [2.45, 2.75) is 0 Å². The summed E-state index contributed by atoms with van der Waals surface area (Å²) in [6.07, 6.45) is 1.64. The van der Waals surface area contributed by atoms with E-state index >= 15 is 0 Å². The van der Waals surface area contributed by atoms with Crippen molar-refractivity contribution in [2.75, 3.05) is 44.7 Å². The zero-order valence-corrected chi connectivity index (χ0v) is 12.8. The molecule has 9 heteroatoms. The highest BCUT2D eigenvalue weighted by Crippen LogP contribution is 2.29. The van der Waals surface area contributed by atoms with Gasteiger partial charge in [-0.15, -0.1) is 0 Å². The molecule has 9 nitrogen and oxygen atoms in total. The van der Waals surface area contributed by atoms with E-state index in [2.05, 4.69) is 10.3 Å². The Hall–Kier alpha value is -2.68. The van der Waals surface area contributed by atoms with Crippen LogP contribution in [0.2, 0.25) is 0 Å². The Balaban J connectivity index is 1.81. The van der Waals surface area contributed by atoms with Gasteiger partial charge in [-0.3, -0.25) is 9.69 Å². The van der Waals surface area contributed by atoms with Gasteiger partial charge in [0.15, 0.2) is 0 Å². The predicted molar refractivity (Wildman–Crippen MR) is 84.6 cm³/mol. The first-order valence-electron chi connectivity index (χ1n) is 7.39. The number of nitro groups is 1. The molecular formula is C14H18N6O3. The van der Waals surface area contributed by atoms with Crippen molar-refractivity contribution in [1.82, 2.24) is 19.6 Å². The summed E-state index contributed by atoms with van der Waals surface area (Å²) in [5.74, 6) is 0.346. The number of piperazine rings is 1. The van der Waals surface area contributed by atoms with Gasteiger partial charge in [0.1, 0.15) is 0 Å². The number of hydrogen-bond donors (Lipinski definition) is 1. The number of carbonyl (C=O) groups excluding carboxylic acids is 1. The number of rotatable bonds is 4. The number of imidazole rings is 1. The third kappa shape index (κ3) is 2.95. The van der Waals surface area contributed by atoms with E-state index in [0.717, 1.165) is 0 Å². The lowest BCUT2D eigenvalue weighted by molar-refractivity contribution is -0.389. The van der Waals surface area contributed by atoms with E-state index in [4.69, 9.17) is 0 Å². The zero-order chi connectivity index (χ0) is 16.4. The van der Waals surface area contributed by atoms with E-state index in [0.29, 0.717) is 44.2 Å². The van der Waals surface area contributed by atoms with E-state index in [1.807, 2.05) is 9.80 Å². The van der Waals surface area contributed by atoms with Crippen LogP contribution in [0.4, 0.5) is 11.6 Å². The summed E-state index contributed by atoms with van der Waals surface area (Å²) in [7, 11) is 1.61. The molecule has 0 aliphatic carbocycles. The Labute approximate surface area is 132 Å². The highest BCUT2D eigenvalue weighted by Gasteiger charge is 2.29. The fraction of sp³-hybridized carbons (Fsp3) is 0.429. The molecule has 1 aliphatic heterocycles. The van der Waals surface area contributed by atoms with Crippen molar-refractivity contribution in [3.05, 3.63) is 34.5 Å². The average molecular weight is 318 g/mol. The maximum atomic E-state index is 11.4. The van der Waals surface area contributed by atoms with Gasteiger partial charge in [0, 0.05) is 39.3 Å².